The average molecular weight is 301 g/mol. The van der Waals surface area contributed by atoms with Gasteiger partial charge >= 0.3 is 0 Å². The van der Waals surface area contributed by atoms with Crippen molar-refractivity contribution in [3.63, 3.8) is 0 Å². The van der Waals surface area contributed by atoms with E-state index >= 15 is 0 Å². The summed E-state index contributed by atoms with van der Waals surface area (Å²) in [4.78, 5) is 6.13. The number of nitrogens with one attached hydrogen (secondary N) is 1. The van der Waals surface area contributed by atoms with Crippen molar-refractivity contribution in [1.29, 1.82) is 0 Å². The van der Waals surface area contributed by atoms with Gasteiger partial charge in [0.15, 0.2) is 0 Å². The number of rotatable bonds is 7. The van der Waals surface area contributed by atoms with Gasteiger partial charge in [0.2, 0.25) is 0 Å². The van der Waals surface area contributed by atoms with E-state index in [0.717, 1.165) is 18.5 Å². The molecule has 2 aromatic rings. The van der Waals surface area contributed by atoms with E-state index in [1.807, 2.05) is 13.0 Å². The van der Waals surface area contributed by atoms with Crippen LogP contribution in [0.25, 0.3) is 0 Å². The number of halogens is 1. The fraction of sp³-hybridized carbons (Fsp3) is 0.389. The Balaban J connectivity index is 1.94. The number of likely N-dealkylation sites (N-methyl/N-ethyl adjacent to an activating group) is 1. The standard InChI is InChI=1S/C18H24FN3/c1-14(16-10-17(19)12-20-11-16)21-13-18(22(2)3)9-15-7-5-4-6-8-15/h4-8,10-12,14,18,21H,9,13H2,1-3H3/t14-,18-/m1/s1. The second kappa shape index (κ2) is 8.01. The lowest BCUT2D eigenvalue weighted by Gasteiger charge is -2.26. The normalized spacial score (nSPS) is 14.0. The van der Waals surface area contributed by atoms with Crippen LogP contribution in [0.3, 0.4) is 0 Å². The van der Waals surface area contributed by atoms with Crippen molar-refractivity contribution in [2.75, 3.05) is 20.6 Å². The van der Waals surface area contributed by atoms with Gasteiger partial charge in [-0.05, 0) is 44.6 Å². The molecule has 0 spiro atoms. The second-order valence-electron chi connectivity index (χ2n) is 5.87. The van der Waals surface area contributed by atoms with Crippen LogP contribution < -0.4 is 5.32 Å². The van der Waals surface area contributed by atoms with Crippen molar-refractivity contribution in [2.24, 2.45) is 0 Å². The molecule has 1 aromatic heterocycles. The lowest BCUT2D eigenvalue weighted by Crippen LogP contribution is -2.40. The second-order valence-corrected chi connectivity index (χ2v) is 5.87. The highest BCUT2D eigenvalue weighted by Gasteiger charge is 2.14. The highest BCUT2D eigenvalue weighted by atomic mass is 19.1. The van der Waals surface area contributed by atoms with Crippen LogP contribution in [0.15, 0.2) is 48.8 Å². The first-order valence-corrected chi connectivity index (χ1v) is 7.60. The summed E-state index contributed by atoms with van der Waals surface area (Å²) >= 11 is 0. The van der Waals surface area contributed by atoms with E-state index in [1.54, 1.807) is 6.20 Å². The zero-order valence-electron chi connectivity index (χ0n) is 13.5. The molecule has 2 atom stereocenters. The SMILES string of the molecule is C[C@@H](NC[C@@H](Cc1ccccc1)N(C)C)c1cncc(F)c1. The van der Waals surface area contributed by atoms with Crippen LogP contribution in [0.4, 0.5) is 4.39 Å². The summed E-state index contributed by atoms with van der Waals surface area (Å²) in [6.45, 7) is 2.87. The van der Waals surface area contributed by atoms with Crippen molar-refractivity contribution >= 4 is 0 Å². The minimum Gasteiger partial charge on any atom is -0.309 e. The molecule has 0 radical (unpaired) electrons. The summed E-state index contributed by atoms with van der Waals surface area (Å²) < 4.78 is 13.2. The Morgan fingerprint density at radius 1 is 1.18 bits per heavy atom. The van der Waals surface area contributed by atoms with E-state index in [-0.39, 0.29) is 11.9 Å². The molecule has 118 valence electrons. The van der Waals surface area contributed by atoms with Crippen LogP contribution in [0.1, 0.15) is 24.1 Å². The zero-order valence-corrected chi connectivity index (χ0v) is 13.5. The van der Waals surface area contributed by atoms with Gasteiger partial charge in [0.25, 0.3) is 0 Å². The van der Waals surface area contributed by atoms with E-state index in [9.17, 15) is 4.39 Å². The molecular weight excluding hydrogens is 277 g/mol. The first kappa shape index (κ1) is 16.6. The van der Waals surface area contributed by atoms with Gasteiger partial charge in [-0.2, -0.15) is 0 Å². The van der Waals surface area contributed by atoms with Crippen LogP contribution in [0.2, 0.25) is 0 Å². The van der Waals surface area contributed by atoms with E-state index in [1.165, 1.54) is 17.8 Å². The van der Waals surface area contributed by atoms with Crippen molar-refractivity contribution in [1.82, 2.24) is 15.2 Å². The summed E-state index contributed by atoms with van der Waals surface area (Å²) in [6.07, 6.45) is 3.92. The molecule has 0 unspecified atom stereocenters. The molecule has 1 heterocycles. The maximum Gasteiger partial charge on any atom is 0.141 e. The number of hydrogen-bond acceptors (Lipinski definition) is 3. The van der Waals surface area contributed by atoms with Crippen LogP contribution in [-0.2, 0) is 6.42 Å². The van der Waals surface area contributed by atoms with Gasteiger partial charge in [0.05, 0.1) is 6.20 Å². The summed E-state index contributed by atoms with van der Waals surface area (Å²) in [7, 11) is 4.17. The minimum absolute atomic E-state index is 0.0708. The largest absolute Gasteiger partial charge is 0.309 e. The van der Waals surface area contributed by atoms with E-state index in [4.69, 9.17) is 0 Å². The van der Waals surface area contributed by atoms with Crippen LogP contribution >= 0.6 is 0 Å². The van der Waals surface area contributed by atoms with Gasteiger partial charge in [-0.3, -0.25) is 4.98 Å². The topological polar surface area (TPSA) is 28.2 Å². The molecule has 2 rings (SSSR count). The number of nitrogens with zero attached hydrogens (tertiary/aromatic N) is 2. The molecule has 0 amide bonds. The molecule has 0 aliphatic carbocycles. The van der Waals surface area contributed by atoms with Crippen molar-refractivity contribution in [2.45, 2.75) is 25.4 Å². The Morgan fingerprint density at radius 2 is 1.91 bits per heavy atom. The molecule has 3 nitrogen and oxygen atoms in total. The lowest BCUT2D eigenvalue weighted by molar-refractivity contribution is 0.275. The monoisotopic (exact) mass is 301 g/mol. The summed E-state index contributed by atoms with van der Waals surface area (Å²) in [6, 6.07) is 12.4. The van der Waals surface area contributed by atoms with E-state index < -0.39 is 0 Å². The third-order valence-corrected chi connectivity index (χ3v) is 3.93. The molecule has 22 heavy (non-hydrogen) atoms. The van der Waals surface area contributed by atoms with Crippen LogP contribution in [0, 0.1) is 5.82 Å². The van der Waals surface area contributed by atoms with E-state index in [2.05, 4.69) is 53.6 Å². The summed E-state index contributed by atoms with van der Waals surface area (Å²) in [5.41, 5.74) is 2.19. The minimum atomic E-state index is -0.292. The van der Waals surface area contributed by atoms with Gasteiger partial charge in [-0.1, -0.05) is 30.3 Å². The maximum absolute atomic E-state index is 13.2. The van der Waals surface area contributed by atoms with Gasteiger partial charge in [0, 0.05) is 24.8 Å². The molecule has 0 saturated carbocycles. The predicted molar refractivity (Wildman–Crippen MR) is 88.2 cm³/mol. The lowest BCUT2D eigenvalue weighted by atomic mass is 10.0. The van der Waals surface area contributed by atoms with Crippen LogP contribution in [0.5, 0.6) is 0 Å². The Bertz CT molecular complexity index is 572. The quantitative estimate of drug-likeness (QED) is 0.852. The van der Waals surface area contributed by atoms with Crippen LogP contribution in [-0.4, -0.2) is 36.6 Å². The Labute approximate surface area is 132 Å². The molecule has 1 N–H and O–H groups in total. The summed E-state index contributed by atoms with van der Waals surface area (Å²) in [5.74, 6) is -0.292. The first-order chi connectivity index (χ1) is 10.6. The predicted octanol–water partition coefficient (Wildman–Crippen LogP) is 3.04. The number of benzene rings is 1. The Morgan fingerprint density at radius 3 is 2.55 bits per heavy atom. The molecule has 4 heteroatoms. The van der Waals surface area contributed by atoms with Gasteiger partial charge < -0.3 is 10.2 Å². The molecular formula is C18H24FN3. The molecule has 0 saturated heterocycles. The Kier molecular flexibility index (Phi) is 6.04. The fourth-order valence-electron chi connectivity index (χ4n) is 2.42. The Hall–Kier alpha value is -1.78. The van der Waals surface area contributed by atoms with Crippen molar-refractivity contribution in [3.05, 3.63) is 65.7 Å². The molecule has 0 fully saturated rings. The van der Waals surface area contributed by atoms with Gasteiger partial charge in [0.1, 0.15) is 5.82 Å². The van der Waals surface area contributed by atoms with Crippen molar-refractivity contribution < 1.29 is 4.39 Å². The maximum atomic E-state index is 13.2. The molecule has 0 aliphatic heterocycles. The first-order valence-electron chi connectivity index (χ1n) is 7.60. The zero-order chi connectivity index (χ0) is 15.9. The summed E-state index contributed by atoms with van der Waals surface area (Å²) in [5, 5.41) is 3.48. The number of hydrogen-bond donors (Lipinski definition) is 1. The van der Waals surface area contributed by atoms with Crippen molar-refractivity contribution in [3.8, 4) is 0 Å². The molecule has 0 bridgehead atoms. The van der Waals surface area contributed by atoms with E-state index in [0.29, 0.717) is 6.04 Å². The highest BCUT2D eigenvalue weighted by Crippen LogP contribution is 2.13. The smallest absolute Gasteiger partial charge is 0.141 e. The highest BCUT2D eigenvalue weighted by molar-refractivity contribution is 5.17. The average Bonchev–Trinajstić information content (AvgIpc) is 2.51. The number of aromatic nitrogens is 1. The fourth-order valence-corrected chi connectivity index (χ4v) is 2.42. The van der Waals surface area contributed by atoms with Gasteiger partial charge in [-0.15, -0.1) is 0 Å². The third-order valence-electron chi connectivity index (χ3n) is 3.93. The molecule has 0 aliphatic rings. The third kappa shape index (κ3) is 4.90. The number of pyridine rings is 1. The molecule has 1 aromatic carbocycles. The van der Waals surface area contributed by atoms with Gasteiger partial charge in [-0.25, -0.2) is 4.39 Å².